The molecule has 1 aromatic rings. The molecule has 0 saturated carbocycles. The predicted octanol–water partition coefficient (Wildman–Crippen LogP) is 3.00. The maximum Gasteiger partial charge on any atom is 0.188 e. The highest BCUT2D eigenvalue weighted by Gasteiger charge is 2.17. The lowest BCUT2D eigenvalue weighted by molar-refractivity contribution is 0.0392. The minimum atomic E-state index is 0. The zero-order valence-electron chi connectivity index (χ0n) is 16.7. The van der Waals surface area contributed by atoms with Gasteiger partial charge in [-0.25, -0.2) is 4.99 Å². The Labute approximate surface area is 180 Å². The van der Waals surface area contributed by atoms with E-state index < -0.39 is 0 Å². The fourth-order valence-corrected chi connectivity index (χ4v) is 2.98. The van der Waals surface area contributed by atoms with E-state index in [1.807, 2.05) is 24.3 Å². The lowest BCUT2D eigenvalue weighted by atomic mass is 10.1. The van der Waals surface area contributed by atoms with Crippen molar-refractivity contribution in [1.29, 1.82) is 0 Å². The first kappa shape index (κ1) is 24.0. The molecule has 1 saturated heterocycles. The second kappa shape index (κ2) is 14.0. The highest BCUT2D eigenvalue weighted by atomic mass is 127. The van der Waals surface area contributed by atoms with Crippen molar-refractivity contribution in [3.05, 3.63) is 29.8 Å². The van der Waals surface area contributed by atoms with Gasteiger partial charge in [-0.05, 0) is 44.0 Å². The largest absolute Gasteiger partial charge is 0.492 e. The zero-order valence-corrected chi connectivity index (χ0v) is 19.0. The molecule has 0 spiro atoms. The van der Waals surface area contributed by atoms with Crippen LogP contribution in [0.3, 0.4) is 0 Å². The van der Waals surface area contributed by atoms with E-state index in [-0.39, 0.29) is 24.0 Å². The summed E-state index contributed by atoms with van der Waals surface area (Å²) in [7, 11) is 2.17. The highest BCUT2D eigenvalue weighted by Crippen LogP contribution is 2.15. The highest BCUT2D eigenvalue weighted by molar-refractivity contribution is 14.0. The molecule has 1 heterocycles. The molecule has 2 rings (SSSR count). The Balaban J connectivity index is 0.00000364. The molecule has 27 heavy (non-hydrogen) atoms. The minimum Gasteiger partial charge on any atom is -0.492 e. The van der Waals surface area contributed by atoms with Crippen LogP contribution in [-0.2, 0) is 11.3 Å². The SMILES string of the molecule is CCCCNC(N)=NCc1cccc(OCCN(C)C2CCOCC2)c1.I. The molecule has 1 fully saturated rings. The summed E-state index contributed by atoms with van der Waals surface area (Å²) in [4.78, 5) is 6.76. The van der Waals surface area contributed by atoms with Crippen molar-refractivity contribution < 1.29 is 9.47 Å². The Morgan fingerprint density at radius 1 is 1.37 bits per heavy atom. The molecule has 7 heteroatoms. The molecule has 1 aliphatic heterocycles. The van der Waals surface area contributed by atoms with Gasteiger partial charge in [0, 0.05) is 32.3 Å². The van der Waals surface area contributed by atoms with Crippen LogP contribution in [0.2, 0.25) is 0 Å². The van der Waals surface area contributed by atoms with Gasteiger partial charge in [0.2, 0.25) is 0 Å². The number of nitrogens with zero attached hydrogens (tertiary/aromatic N) is 2. The van der Waals surface area contributed by atoms with Crippen molar-refractivity contribution in [2.75, 3.05) is 40.0 Å². The number of aliphatic imine (C=N–C) groups is 1. The summed E-state index contributed by atoms with van der Waals surface area (Å²) in [5.41, 5.74) is 6.98. The first-order chi connectivity index (χ1) is 12.7. The van der Waals surface area contributed by atoms with Gasteiger partial charge in [0.15, 0.2) is 5.96 Å². The summed E-state index contributed by atoms with van der Waals surface area (Å²) in [6.07, 6.45) is 4.46. The lowest BCUT2D eigenvalue weighted by Crippen LogP contribution is -2.38. The van der Waals surface area contributed by atoms with Crippen LogP contribution in [0.1, 0.15) is 38.2 Å². The topological polar surface area (TPSA) is 72.1 Å². The quantitative estimate of drug-likeness (QED) is 0.228. The third kappa shape index (κ3) is 9.62. The Hall–Kier alpha value is -1.06. The summed E-state index contributed by atoms with van der Waals surface area (Å²) >= 11 is 0. The molecular formula is C20H35IN4O2. The van der Waals surface area contributed by atoms with E-state index in [0.29, 0.717) is 25.2 Å². The molecule has 0 aliphatic carbocycles. The Bertz CT molecular complexity index is 551. The van der Waals surface area contributed by atoms with E-state index in [2.05, 4.69) is 29.2 Å². The van der Waals surface area contributed by atoms with Gasteiger partial charge < -0.3 is 20.5 Å². The van der Waals surface area contributed by atoms with Crippen molar-refractivity contribution in [1.82, 2.24) is 10.2 Å². The van der Waals surface area contributed by atoms with Crippen LogP contribution < -0.4 is 15.8 Å². The fraction of sp³-hybridized carbons (Fsp3) is 0.650. The van der Waals surface area contributed by atoms with Crippen LogP contribution in [0.15, 0.2) is 29.3 Å². The number of guanidine groups is 1. The average Bonchev–Trinajstić information content (AvgIpc) is 2.67. The molecule has 154 valence electrons. The van der Waals surface area contributed by atoms with Gasteiger partial charge in [-0.15, -0.1) is 24.0 Å². The number of nitrogens with one attached hydrogen (secondary N) is 1. The molecule has 1 aromatic carbocycles. The Morgan fingerprint density at radius 3 is 2.89 bits per heavy atom. The summed E-state index contributed by atoms with van der Waals surface area (Å²) in [5, 5.41) is 3.13. The molecule has 0 radical (unpaired) electrons. The van der Waals surface area contributed by atoms with E-state index in [1.165, 1.54) is 0 Å². The molecule has 0 unspecified atom stereocenters. The standard InChI is InChI=1S/C20H34N4O2.HI/c1-3-4-10-22-20(21)23-16-17-6-5-7-19(15-17)26-14-11-24(2)18-8-12-25-13-9-18;/h5-7,15,18H,3-4,8-14,16H2,1-2H3,(H3,21,22,23);1H. The summed E-state index contributed by atoms with van der Waals surface area (Å²) in [6.45, 7) is 6.92. The number of rotatable bonds is 10. The van der Waals surface area contributed by atoms with Gasteiger partial charge in [-0.3, -0.25) is 4.90 Å². The minimum absolute atomic E-state index is 0. The smallest absolute Gasteiger partial charge is 0.188 e. The van der Waals surface area contributed by atoms with Crippen molar-refractivity contribution in [3.8, 4) is 5.75 Å². The molecule has 0 bridgehead atoms. The van der Waals surface area contributed by atoms with Gasteiger partial charge in [0.05, 0.1) is 6.54 Å². The van der Waals surface area contributed by atoms with Crippen LogP contribution in [0.4, 0.5) is 0 Å². The van der Waals surface area contributed by atoms with Crippen LogP contribution in [0.5, 0.6) is 5.75 Å². The first-order valence-electron chi connectivity index (χ1n) is 9.72. The number of halogens is 1. The fourth-order valence-electron chi connectivity index (χ4n) is 2.98. The van der Waals surface area contributed by atoms with Crippen molar-refractivity contribution in [2.24, 2.45) is 10.7 Å². The van der Waals surface area contributed by atoms with Gasteiger partial charge >= 0.3 is 0 Å². The number of benzene rings is 1. The zero-order chi connectivity index (χ0) is 18.6. The van der Waals surface area contributed by atoms with Gasteiger partial charge in [-0.2, -0.15) is 0 Å². The molecule has 0 atom stereocenters. The average molecular weight is 490 g/mol. The number of likely N-dealkylation sites (N-methyl/N-ethyl adjacent to an activating group) is 1. The molecule has 0 aromatic heterocycles. The summed E-state index contributed by atoms with van der Waals surface area (Å²) < 4.78 is 11.3. The van der Waals surface area contributed by atoms with Crippen molar-refractivity contribution in [3.63, 3.8) is 0 Å². The Morgan fingerprint density at radius 2 is 2.15 bits per heavy atom. The van der Waals surface area contributed by atoms with E-state index in [9.17, 15) is 0 Å². The molecule has 6 nitrogen and oxygen atoms in total. The molecule has 0 amide bonds. The maximum absolute atomic E-state index is 5.93. The first-order valence-corrected chi connectivity index (χ1v) is 9.72. The third-order valence-electron chi connectivity index (χ3n) is 4.69. The number of hydrogen-bond donors (Lipinski definition) is 2. The van der Waals surface area contributed by atoms with Crippen LogP contribution in [0.25, 0.3) is 0 Å². The molecular weight excluding hydrogens is 455 g/mol. The van der Waals surface area contributed by atoms with Crippen molar-refractivity contribution in [2.45, 2.75) is 45.2 Å². The van der Waals surface area contributed by atoms with E-state index >= 15 is 0 Å². The molecule has 1 aliphatic rings. The van der Waals surface area contributed by atoms with Crippen LogP contribution >= 0.6 is 24.0 Å². The monoisotopic (exact) mass is 490 g/mol. The van der Waals surface area contributed by atoms with Gasteiger partial charge in [0.25, 0.3) is 0 Å². The third-order valence-corrected chi connectivity index (χ3v) is 4.69. The number of nitrogens with two attached hydrogens (primary N) is 1. The predicted molar refractivity (Wildman–Crippen MR) is 122 cm³/mol. The second-order valence-corrected chi connectivity index (χ2v) is 6.80. The second-order valence-electron chi connectivity index (χ2n) is 6.80. The lowest BCUT2D eigenvalue weighted by Gasteiger charge is -2.31. The Kier molecular flexibility index (Phi) is 12.4. The number of hydrogen-bond acceptors (Lipinski definition) is 4. The van der Waals surface area contributed by atoms with Crippen LogP contribution in [-0.4, -0.2) is 56.9 Å². The summed E-state index contributed by atoms with van der Waals surface area (Å²) in [5.74, 6) is 1.39. The molecule has 3 N–H and O–H groups in total. The normalized spacial score (nSPS) is 15.4. The van der Waals surface area contributed by atoms with E-state index in [4.69, 9.17) is 15.2 Å². The van der Waals surface area contributed by atoms with E-state index in [1.54, 1.807) is 0 Å². The van der Waals surface area contributed by atoms with E-state index in [0.717, 1.165) is 63.3 Å². The maximum atomic E-state index is 5.93. The van der Waals surface area contributed by atoms with Crippen molar-refractivity contribution >= 4 is 29.9 Å². The summed E-state index contributed by atoms with van der Waals surface area (Å²) in [6, 6.07) is 8.69. The van der Waals surface area contributed by atoms with Gasteiger partial charge in [-0.1, -0.05) is 25.5 Å². The van der Waals surface area contributed by atoms with Gasteiger partial charge in [0.1, 0.15) is 12.4 Å². The number of unbranched alkanes of at least 4 members (excludes halogenated alkanes) is 1. The number of ether oxygens (including phenoxy) is 2. The van der Waals surface area contributed by atoms with Crippen LogP contribution in [0, 0.1) is 0 Å².